The highest BCUT2D eigenvalue weighted by Crippen LogP contribution is 2.34. The van der Waals surface area contributed by atoms with E-state index in [0.29, 0.717) is 27.2 Å². The van der Waals surface area contributed by atoms with Gasteiger partial charge < -0.3 is 14.1 Å². The van der Waals surface area contributed by atoms with Gasteiger partial charge in [-0.2, -0.15) is 0 Å². The zero-order valence-electron chi connectivity index (χ0n) is 15.0. The number of ketones is 1. The molecule has 0 fully saturated rings. The molecule has 6 heteroatoms. The maximum Gasteiger partial charge on any atom is 0.310 e. The van der Waals surface area contributed by atoms with Crippen LogP contribution in [0.5, 0.6) is 5.75 Å². The molecular weight excluding hydrogens is 378 g/mol. The summed E-state index contributed by atoms with van der Waals surface area (Å²) < 4.78 is 10.9. The van der Waals surface area contributed by atoms with Crippen LogP contribution in [-0.4, -0.2) is 16.7 Å². The van der Waals surface area contributed by atoms with Gasteiger partial charge in [0.25, 0.3) is 0 Å². The van der Waals surface area contributed by atoms with E-state index in [-0.39, 0.29) is 23.6 Å². The molecule has 0 aliphatic carbocycles. The third-order valence-electron chi connectivity index (χ3n) is 4.38. The maximum atomic E-state index is 13.2. The average molecular weight is 394 g/mol. The molecule has 28 heavy (non-hydrogen) atoms. The summed E-state index contributed by atoms with van der Waals surface area (Å²) in [5, 5.41) is 1.14. The summed E-state index contributed by atoms with van der Waals surface area (Å²) in [6, 6.07) is 15.8. The van der Waals surface area contributed by atoms with Gasteiger partial charge in [0.2, 0.25) is 5.78 Å². The Morgan fingerprint density at radius 3 is 2.71 bits per heavy atom. The average Bonchev–Trinajstić information content (AvgIpc) is 3.36. The van der Waals surface area contributed by atoms with Gasteiger partial charge in [0.05, 0.1) is 11.8 Å². The van der Waals surface area contributed by atoms with Crippen LogP contribution >= 0.6 is 11.6 Å². The summed E-state index contributed by atoms with van der Waals surface area (Å²) in [4.78, 5) is 28.2. The Balaban J connectivity index is 1.82. The molecule has 5 nitrogen and oxygen atoms in total. The quantitative estimate of drug-likeness (QED) is 0.352. The van der Waals surface area contributed by atoms with Crippen molar-refractivity contribution in [1.82, 2.24) is 4.98 Å². The second kappa shape index (κ2) is 7.37. The second-order valence-electron chi connectivity index (χ2n) is 6.23. The number of hydrogen-bond acceptors (Lipinski definition) is 4. The van der Waals surface area contributed by atoms with Gasteiger partial charge >= 0.3 is 5.97 Å². The van der Waals surface area contributed by atoms with Crippen LogP contribution in [0.3, 0.4) is 0 Å². The summed E-state index contributed by atoms with van der Waals surface area (Å²) in [5.74, 6) is 0.163. The number of fused-ring (bicyclic) bond motifs is 1. The Kier molecular flexibility index (Phi) is 4.75. The number of nitrogens with one attached hydrogen (secondary N) is 1. The van der Waals surface area contributed by atoms with Gasteiger partial charge in [-0.15, -0.1) is 0 Å². The number of carbonyl (C=O) groups is 2. The lowest BCUT2D eigenvalue weighted by atomic mass is 10.0. The Hall–Kier alpha value is -3.31. The number of furan rings is 1. The van der Waals surface area contributed by atoms with E-state index in [1.807, 2.05) is 12.1 Å². The van der Waals surface area contributed by atoms with Gasteiger partial charge in [-0.05, 0) is 36.4 Å². The molecule has 1 N–H and O–H groups in total. The van der Waals surface area contributed by atoms with Crippen molar-refractivity contribution >= 4 is 34.3 Å². The lowest BCUT2D eigenvalue weighted by molar-refractivity contribution is -0.133. The fourth-order valence-corrected chi connectivity index (χ4v) is 3.17. The Bertz CT molecular complexity index is 1170. The Labute approximate surface area is 165 Å². The molecule has 2 aromatic carbocycles. The Morgan fingerprint density at radius 1 is 1.11 bits per heavy atom. The molecule has 0 bridgehead atoms. The van der Waals surface area contributed by atoms with E-state index >= 15 is 0 Å². The largest absolute Gasteiger partial charge is 0.464 e. The normalized spacial score (nSPS) is 10.9. The monoisotopic (exact) mass is 393 g/mol. The molecule has 2 aromatic heterocycles. The summed E-state index contributed by atoms with van der Waals surface area (Å²) >= 11 is 6.06. The molecule has 0 spiro atoms. The van der Waals surface area contributed by atoms with Crippen LogP contribution in [0.2, 0.25) is 5.02 Å². The van der Waals surface area contributed by atoms with Crippen LogP contribution in [0.1, 0.15) is 29.4 Å². The number of carbonyl (C=O) groups excluding carboxylic acids is 2. The van der Waals surface area contributed by atoms with E-state index in [1.54, 1.807) is 55.7 Å². The third kappa shape index (κ3) is 3.32. The topological polar surface area (TPSA) is 72.3 Å². The molecule has 0 atom stereocenters. The fourth-order valence-electron chi connectivity index (χ4n) is 3.00. The van der Waals surface area contributed by atoms with Crippen LogP contribution < -0.4 is 4.74 Å². The van der Waals surface area contributed by atoms with Gasteiger partial charge in [0, 0.05) is 28.0 Å². The molecular formula is C22H16ClNO4. The van der Waals surface area contributed by atoms with Crippen molar-refractivity contribution in [2.45, 2.75) is 13.3 Å². The van der Waals surface area contributed by atoms with Crippen LogP contribution in [0.25, 0.3) is 22.2 Å². The zero-order chi connectivity index (χ0) is 19.7. The van der Waals surface area contributed by atoms with Gasteiger partial charge in [0.1, 0.15) is 11.5 Å². The van der Waals surface area contributed by atoms with Gasteiger partial charge in [-0.1, -0.05) is 36.7 Å². The number of aromatic nitrogens is 1. The third-order valence-corrected chi connectivity index (χ3v) is 4.61. The molecule has 0 aliphatic heterocycles. The molecule has 0 unspecified atom stereocenters. The van der Waals surface area contributed by atoms with E-state index in [0.717, 1.165) is 5.56 Å². The minimum Gasteiger partial charge on any atom is -0.464 e. The second-order valence-corrected chi connectivity index (χ2v) is 6.67. The highest BCUT2D eigenvalue weighted by molar-refractivity contribution is 6.31. The SMILES string of the molecule is CCC(=O)Oc1c(C(=O)c2cccc(-c3ccco3)c2)[nH]c2cc(Cl)ccc12. The first-order valence-electron chi connectivity index (χ1n) is 8.77. The van der Waals surface area contributed by atoms with Gasteiger partial charge in [-0.25, -0.2) is 0 Å². The number of H-pyrrole nitrogens is 1. The summed E-state index contributed by atoms with van der Waals surface area (Å²) in [5.41, 5.74) is 2.05. The van der Waals surface area contributed by atoms with Crippen molar-refractivity contribution in [3.8, 4) is 17.1 Å². The predicted molar refractivity (Wildman–Crippen MR) is 107 cm³/mol. The molecule has 2 heterocycles. The molecule has 0 saturated carbocycles. The van der Waals surface area contributed by atoms with Gasteiger partial charge in [-0.3, -0.25) is 9.59 Å². The molecule has 0 aliphatic rings. The first-order chi connectivity index (χ1) is 13.6. The van der Waals surface area contributed by atoms with E-state index in [9.17, 15) is 9.59 Å². The number of ether oxygens (including phenoxy) is 1. The summed E-state index contributed by atoms with van der Waals surface area (Å²) in [7, 11) is 0. The van der Waals surface area contributed by atoms with Crippen LogP contribution in [0.4, 0.5) is 0 Å². The van der Waals surface area contributed by atoms with Crippen LogP contribution in [-0.2, 0) is 4.79 Å². The maximum absolute atomic E-state index is 13.2. The van der Waals surface area contributed by atoms with Crippen molar-refractivity contribution in [3.63, 3.8) is 0 Å². The van der Waals surface area contributed by atoms with Crippen LogP contribution in [0.15, 0.2) is 65.3 Å². The van der Waals surface area contributed by atoms with E-state index in [4.69, 9.17) is 20.8 Å². The smallest absolute Gasteiger partial charge is 0.310 e. The first kappa shape index (κ1) is 18.1. The zero-order valence-corrected chi connectivity index (χ0v) is 15.7. The molecule has 0 saturated heterocycles. The van der Waals surface area contributed by atoms with E-state index in [2.05, 4.69) is 4.98 Å². The lowest BCUT2D eigenvalue weighted by Crippen LogP contribution is -2.10. The van der Waals surface area contributed by atoms with E-state index < -0.39 is 5.97 Å². The summed E-state index contributed by atoms with van der Waals surface area (Å²) in [6.07, 6.45) is 1.77. The number of hydrogen-bond donors (Lipinski definition) is 1. The Morgan fingerprint density at radius 2 is 1.96 bits per heavy atom. The van der Waals surface area contributed by atoms with Crippen molar-refractivity contribution in [2.75, 3.05) is 0 Å². The van der Waals surface area contributed by atoms with Crippen molar-refractivity contribution < 1.29 is 18.7 Å². The minimum atomic E-state index is -0.422. The molecule has 140 valence electrons. The molecule has 4 aromatic rings. The predicted octanol–water partition coefficient (Wildman–Crippen LogP) is 5.63. The first-order valence-corrected chi connectivity index (χ1v) is 9.15. The summed E-state index contributed by atoms with van der Waals surface area (Å²) in [6.45, 7) is 1.70. The van der Waals surface area contributed by atoms with Crippen molar-refractivity contribution in [1.29, 1.82) is 0 Å². The van der Waals surface area contributed by atoms with Crippen molar-refractivity contribution in [3.05, 3.63) is 77.1 Å². The molecule has 0 radical (unpaired) electrons. The molecule has 0 amide bonds. The number of halogens is 1. The number of benzene rings is 2. The van der Waals surface area contributed by atoms with Crippen molar-refractivity contribution in [2.24, 2.45) is 0 Å². The lowest BCUT2D eigenvalue weighted by Gasteiger charge is -2.06. The minimum absolute atomic E-state index is 0.196. The fraction of sp³-hybridized carbons (Fsp3) is 0.0909. The highest BCUT2D eigenvalue weighted by atomic mass is 35.5. The van der Waals surface area contributed by atoms with Gasteiger partial charge in [0.15, 0.2) is 5.75 Å². The number of rotatable bonds is 5. The highest BCUT2D eigenvalue weighted by Gasteiger charge is 2.23. The molecule has 4 rings (SSSR count). The number of esters is 1. The number of aromatic amines is 1. The van der Waals surface area contributed by atoms with Crippen LogP contribution in [0, 0.1) is 0 Å². The van der Waals surface area contributed by atoms with E-state index in [1.165, 1.54) is 0 Å². The standard InChI is InChI=1S/C22H16ClNO4/c1-2-19(25)28-22-16-9-8-15(23)12-17(16)24-20(22)21(26)14-6-3-5-13(11-14)18-7-4-10-27-18/h3-12,24H,2H2,1H3.